The highest BCUT2D eigenvalue weighted by Crippen LogP contribution is 2.26. The van der Waals surface area contributed by atoms with Gasteiger partial charge < -0.3 is 19.4 Å². The van der Waals surface area contributed by atoms with E-state index >= 15 is 0 Å². The van der Waals surface area contributed by atoms with Gasteiger partial charge in [-0.25, -0.2) is 9.59 Å². The van der Waals surface area contributed by atoms with E-state index in [1.54, 1.807) is 12.1 Å². The summed E-state index contributed by atoms with van der Waals surface area (Å²) in [5.74, 6) is -2.65. The summed E-state index contributed by atoms with van der Waals surface area (Å²) in [6, 6.07) is 8.51. The number of furan rings is 1. The van der Waals surface area contributed by atoms with Gasteiger partial charge in [-0.15, -0.1) is 0 Å². The number of carbonyl (C=O) groups is 2. The van der Waals surface area contributed by atoms with Gasteiger partial charge in [-0.2, -0.15) is 0 Å². The Kier molecular flexibility index (Phi) is 3.01. The maximum atomic E-state index is 10.9. The molecule has 0 aliphatic heterocycles. The van der Waals surface area contributed by atoms with Crippen LogP contribution in [0.5, 0.6) is 11.7 Å². The lowest BCUT2D eigenvalue weighted by atomic mass is 10.2. The first-order chi connectivity index (χ1) is 8.58. The minimum Gasteiger partial charge on any atom is -0.478 e. The molecule has 0 fully saturated rings. The Morgan fingerprint density at radius 3 is 2.33 bits per heavy atom. The molecule has 1 aromatic carbocycles. The highest BCUT2D eigenvalue weighted by molar-refractivity contribution is 5.91. The number of carboxylic acids is 2. The highest BCUT2D eigenvalue weighted by atomic mass is 16.6. The number of para-hydroxylation sites is 1. The Bertz CT molecular complexity index is 598. The average Bonchev–Trinajstić information content (AvgIpc) is 2.78. The number of aromatic carboxylic acids is 2. The molecule has 0 amide bonds. The molecule has 0 atom stereocenters. The van der Waals surface area contributed by atoms with E-state index in [0.29, 0.717) is 0 Å². The zero-order valence-electron chi connectivity index (χ0n) is 8.99. The Balaban J connectivity index is 2.28. The van der Waals surface area contributed by atoms with Crippen LogP contribution in [-0.4, -0.2) is 22.2 Å². The van der Waals surface area contributed by atoms with Gasteiger partial charge in [-0.3, -0.25) is 0 Å². The third-order valence-electron chi connectivity index (χ3n) is 2.12. The van der Waals surface area contributed by atoms with E-state index < -0.39 is 11.9 Å². The van der Waals surface area contributed by atoms with Gasteiger partial charge in [0.25, 0.3) is 5.95 Å². The number of carboxylic acid groups (broad SMARTS) is 2. The van der Waals surface area contributed by atoms with Crippen LogP contribution in [0, 0.1) is 0 Å². The number of hydrogen-bond acceptors (Lipinski definition) is 4. The first kappa shape index (κ1) is 11.7. The van der Waals surface area contributed by atoms with Crippen molar-refractivity contribution in [2.75, 3.05) is 0 Å². The van der Waals surface area contributed by atoms with Crippen LogP contribution >= 0.6 is 0 Å². The van der Waals surface area contributed by atoms with Gasteiger partial charge in [0.15, 0.2) is 0 Å². The molecule has 6 nitrogen and oxygen atoms in total. The second-order valence-corrected chi connectivity index (χ2v) is 3.33. The number of hydrogen-bond donors (Lipinski definition) is 2. The predicted octanol–water partition coefficient (Wildman–Crippen LogP) is 2.47. The highest BCUT2D eigenvalue weighted by Gasteiger charge is 2.14. The third kappa shape index (κ3) is 2.32. The molecular formula is C12H8O6. The Labute approximate surface area is 101 Å². The lowest BCUT2D eigenvalue weighted by molar-refractivity contribution is 0.0651. The molecule has 2 N–H and O–H groups in total. The molecule has 0 radical (unpaired) electrons. The van der Waals surface area contributed by atoms with Gasteiger partial charge in [-0.1, -0.05) is 12.1 Å². The molecule has 0 saturated heterocycles. The predicted molar refractivity (Wildman–Crippen MR) is 59.1 cm³/mol. The molecule has 92 valence electrons. The minimum atomic E-state index is -1.23. The monoisotopic (exact) mass is 248 g/mol. The molecule has 0 unspecified atom stereocenters. The molecule has 0 aliphatic carbocycles. The largest absolute Gasteiger partial charge is 0.478 e. The van der Waals surface area contributed by atoms with E-state index in [9.17, 15) is 9.59 Å². The average molecular weight is 248 g/mol. The zero-order valence-corrected chi connectivity index (χ0v) is 8.99. The summed E-state index contributed by atoms with van der Waals surface area (Å²) in [4.78, 5) is 21.5. The van der Waals surface area contributed by atoms with Gasteiger partial charge >= 0.3 is 11.9 Å². The summed E-state index contributed by atoms with van der Waals surface area (Å²) in [6.45, 7) is 0. The summed E-state index contributed by atoms with van der Waals surface area (Å²) in [7, 11) is 0. The summed E-state index contributed by atoms with van der Waals surface area (Å²) >= 11 is 0. The molecular weight excluding hydrogens is 240 g/mol. The quantitative estimate of drug-likeness (QED) is 0.862. The second kappa shape index (κ2) is 4.62. The van der Waals surface area contributed by atoms with E-state index in [-0.39, 0.29) is 23.0 Å². The lowest BCUT2D eigenvalue weighted by Gasteiger charge is -2.04. The minimum absolute atomic E-state index is 0.0363. The zero-order chi connectivity index (χ0) is 13.1. The summed E-state index contributed by atoms with van der Waals surface area (Å²) < 4.78 is 10.1. The fourth-order valence-electron chi connectivity index (χ4n) is 1.33. The molecule has 0 aliphatic rings. The van der Waals surface area contributed by atoms with Crippen LogP contribution in [0.25, 0.3) is 0 Å². The van der Waals surface area contributed by atoms with Crippen molar-refractivity contribution in [1.82, 2.24) is 0 Å². The number of rotatable bonds is 4. The van der Waals surface area contributed by atoms with E-state index in [1.807, 2.05) is 0 Å². The van der Waals surface area contributed by atoms with Crippen LogP contribution in [0.2, 0.25) is 0 Å². The van der Waals surface area contributed by atoms with Crippen LogP contribution in [0.3, 0.4) is 0 Å². The topological polar surface area (TPSA) is 97.0 Å². The van der Waals surface area contributed by atoms with Crippen molar-refractivity contribution in [3.05, 3.63) is 47.7 Å². The summed E-state index contributed by atoms with van der Waals surface area (Å²) in [5, 5.41) is 17.6. The summed E-state index contributed by atoms with van der Waals surface area (Å²) in [5.41, 5.74) is -0.0363. The van der Waals surface area contributed by atoms with Crippen LogP contribution in [0.4, 0.5) is 0 Å². The Hall–Kier alpha value is -2.76. The molecule has 1 aromatic heterocycles. The van der Waals surface area contributed by atoms with E-state index in [2.05, 4.69) is 0 Å². The van der Waals surface area contributed by atoms with Crippen molar-refractivity contribution < 1.29 is 29.0 Å². The normalized spacial score (nSPS) is 10.0. The Morgan fingerprint density at radius 1 is 1.00 bits per heavy atom. The van der Waals surface area contributed by atoms with E-state index in [0.717, 1.165) is 0 Å². The second-order valence-electron chi connectivity index (χ2n) is 3.33. The van der Waals surface area contributed by atoms with Crippen molar-refractivity contribution in [3.8, 4) is 11.7 Å². The van der Waals surface area contributed by atoms with Gasteiger partial charge in [-0.05, 0) is 18.2 Å². The fraction of sp³-hybridized carbons (Fsp3) is 0. The van der Waals surface area contributed by atoms with Crippen LogP contribution in [0.1, 0.15) is 20.9 Å². The molecule has 18 heavy (non-hydrogen) atoms. The van der Waals surface area contributed by atoms with Crippen molar-refractivity contribution in [2.45, 2.75) is 0 Å². The van der Waals surface area contributed by atoms with Crippen molar-refractivity contribution in [2.24, 2.45) is 0 Å². The fourth-order valence-corrected chi connectivity index (χ4v) is 1.33. The van der Waals surface area contributed by atoms with Crippen molar-refractivity contribution in [3.63, 3.8) is 0 Å². The number of ether oxygens (including phenoxy) is 1. The SMILES string of the molecule is O=C(O)c1ccc(Oc2ccccc2C(=O)O)o1. The van der Waals surface area contributed by atoms with Gasteiger partial charge in [0.1, 0.15) is 11.3 Å². The number of benzene rings is 1. The molecule has 0 bridgehead atoms. The lowest BCUT2D eigenvalue weighted by Crippen LogP contribution is -1.99. The van der Waals surface area contributed by atoms with E-state index in [4.69, 9.17) is 19.4 Å². The van der Waals surface area contributed by atoms with Gasteiger partial charge in [0.2, 0.25) is 5.76 Å². The molecule has 1 heterocycles. The molecule has 2 aromatic rings. The molecule has 6 heteroatoms. The molecule has 0 saturated carbocycles. The molecule has 0 spiro atoms. The first-order valence-corrected chi connectivity index (χ1v) is 4.91. The van der Waals surface area contributed by atoms with Gasteiger partial charge in [0.05, 0.1) is 0 Å². The van der Waals surface area contributed by atoms with Crippen molar-refractivity contribution in [1.29, 1.82) is 0 Å². The third-order valence-corrected chi connectivity index (χ3v) is 2.12. The summed E-state index contributed by atoms with van der Waals surface area (Å²) in [6.07, 6.45) is 0. The molecule has 2 rings (SSSR count). The van der Waals surface area contributed by atoms with Gasteiger partial charge in [0, 0.05) is 6.07 Å². The van der Waals surface area contributed by atoms with Crippen LogP contribution in [-0.2, 0) is 0 Å². The van der Waals surface area contributed by atoms with Crippen LogP contribution < -0.4 is 4.74 Å². The van der Waals surface area contributed by atoms with Crippen LogP contribution in [0.15, 0.2) is 40.8 Å². The first-order valence-electron chi connectivity index (χ1n) is 4.91. The maximum Gasteiger partial charge on any atom is 0.371 e. The standard InChI is InChI=1S/C12H8O6/c13-11(14)7-3-1-2-4-8(7)17-10-6-5-9(18-10)12(15)16/h1-6H,(H,13,14)(H,15,16). The van der Waals surface area contributed by atoms with Crippen molar-refractivity contribution >= 4 is 11.9 Å². The van der Waals surface area contributed by atoms with E-state index in [1.165, 1.54) is 24.3 Å². The Morgan fingerprint density at radius 2 is 1.72 bits per heavy atom. The smallest absolute Gasteiger partial charge is 0.371 e. The maximum absolute atomic E-state index is 10.9.